The van der Waals surface area contributed by atoms with E-state index < -0.39 is 91.9 Å². The molecule has 0 saturated carbocycles. The zero-order chi connectivity index (χ0) is 50.8. The van der Waals surface area contributed by atoms with Gasteiger partial charge in [0.15, 0.2) is 30.9 Å². The van der Waals surface area contributed by atoms with E-state index >= 15 is 0 Å². The Hall–Kier alpha value is -7.52. The van der Waals surface area contributed by atoms with Gasteiger partial charge in [0.2, 0.25) is 0 Å². The summed E-state index contributed by atoms with van der Waals surface area (Å²) >= 11 is 0. The first kappa shape index (κ1) is 51.8. The highest BCUT2D eigenvalue weighted by molar-refractivity contribution is 5.91. The molecule has 2 fully saturated rings. The molecule has 2 heterocycles. The predicted octanol–water partition coefficient (Wildman–Crippen LogP) is 7.82. The van der Waals surface area contributed by atoms with Gasteiger partial charge in [-0.15, -0.1) is 6.42 Å². The molecule has 0 amide bonds. The molecule has 8 rings (SSSR count). The fourth-order valence-corrected chi connectivity index (χ4v) is 8.30. The summed E-state index contributed by atoms with van der Waals surface area (Å²) in [5.74, 6) is -0.774. The first-order valence-corrected chi connectivity index (χ1v) is 23.6. The Labute approximate surface area is 423 Å². The molecule has 0 N–H and O–H groups in total. The van der Waals surface area contributed by atoms with Crippen LogP contribution >= 0.6 is 0 Å². The Bertz CT molecular complexity index is 2710. The van der Waals surface area contributed by atoms with Gasteiger partial charge in [0.05, 0.1) is 42.1 Å². The predicted molar refractivity (Wildman–Crippen MR) is 263 cm³/mol. The van der Waals surface area contributed by atoms with Crippen molar-refractivity contribution >= 4 is 23.9 Å². The number of rotatable bonds is 21. The maximum atomic E-state index is 14.2. The largest absolute Gasteiger partial charge is 0.459 e. The molecule has 15 nitrogen and oxygen atoms in total. The highest BCUT2D eigenvalue weighted by Crippen LogP contribution is 2.35. The molecule has 2 aliphatic heterocycles. The summed E-state index contributed by atoms with van der Waals surface area (Å²) < 4.78 is 69.9. The van der Waals surface area contributed by atoms with Crippen molar-refractivity contribution in [3.63, 3.8) is 0 Å². The van der Waals surface area contributed by atoms with Crippen LogP contribution in [0.1, 0.15) is 52.6 Å². The summed E-state index contributed by atoms with van der Waals surface area (Å²) in [6.45, 7) is -0.811. The summed E-state index contributed by atoms with van der Waals surface area (Å²) in [6.07, 6.45) is -7.09. The highest BCUT2D eigenvalue weighted by atomic mass is 16.8. The number of esters is 4. The lowest BCUT2D eigenvalue weighted by Crippen LogP contribution is -2.64. The molecule has 6 aromatic rings. The van der Waals surface area contributed by atoms with Gasteiger partial charge >= 0.3 is 23.9 Å². The maximum Gasteiger partial charge on any atom is 0.338 e. The average molecular weight is 991 g/mol. The van der Waals surface area contributed by atoms with E-state index in [0.717, 1.165) is 11.1 Å². The minimum atomic E-state index is -1.67. The Morgan fingerprint density at radius 1 is 0.425 bits per heavy atom. The maximum absolute atomic E-state index is 14.2. The standard InChI is InChI=1S/C58H54O15/c1-3-34-64-47-45(69-57(63-2)51(66-36-40-24-12-5-13-25-40)49(47)65-35-39-22-10-4-11-23-39)38-68-58-52(73-56(62)44-32-20-9-21-33-44)50(72-55(61)43-30-18-8-19-31-43)48(71-54(60)42-28-16-7-17-29-42)46(70-58)37-67-53(59)41-26-14-6-15-27-41/h1,4-33,45-52,57-58H,34-38H2,2H3/t45-,46-,47-,48-,49+,50+,51-,52-,57+,58-/m1/s1. The normalized spacial score (nSPS) is 23.5. The van der Waals surface area contributed by atoms with Crippen LogP contribution in [0.3, 0.4) is 0 Å². The number of terminal acetylenes is 1. The van der Waals surface area contributed by atoms with E-state index in [1.807, 2.05) is 60.7 Å². The van der Waals surface area contributed by atoms with Crippen LogP contribution in [0.5, 0.6) is 0 Å². The van der Waals surface area contributed by atoms with Gasteiger partial charge in [-0.05, 0) is 59.7 Å². The van der Waals surface area contributed by atoms with Crippen molar-refractivity contribution in [3.8, 4) is 12.3 Å². The highest BCUT2D eigenvalue weighted by Gasteiger charge is 2.55. The Morgan fingerprint density at radius 2 is 0.822 bits per heavy atom. The summed E-state index contributed by atoms with van der Waals surface area (Å²) in [7, 11) is 1.46. The lowest BCUT2D eigenvalue weighted by molar-refractivity contribution is -0.338. The van der Waals surface area contributed by atoms with E-state index in [0.29, 0.717) is 0 Å². The van der Waals surface area contributed by atoms with Crippen molar-refractivity contribution in [2.24, 2.45) is 0 Å². The first-order valence-electron chi connectivity index (χ1n) is 23.6. The molecule has 15 heteroatoms. The molecule has 0 radical (unpaired) electrons. The molecule has 0 aliphatic carbocycles. The second kappa shape index (κ2) is 26.3. The van der Waals surface area contributed by atoms with Gasteiger partial charge < -0.3 is 52.1 Å². The second-order valence-corrected chi connectivity index (χ2v) is 16.8. The third kappa shape index (κ3) is 13.9. The third-order valence-electron chi connectivity index (χ3n) is 11.9. The van der Waals surface area contributed by atoms with Crippen molar-refractivity contribution in [2.45, 2.75) is 74.6 Å². The molecule has 73 heavy (non-hydrogen) atoms. The summed E-state index contributed by atoms with van der Waals surface area (Å²) in [5, 5.41) is 0. The van der Waals surface area contributed by atoms with Crippen LogP contribution in [0, 0.1) is 12.3 Å². The third-order valence-corrected chi connectivity index (χ3v) is 11.9. The van der Waals surface area contributed by atoms with Crippen molar-refractivity contribution in [2.75, 3.05) is 26.9 Å². The fraction of sp³-hybridized carbons (Fsp3) is 0.276. The molecule has 0 spiro atoms. The summed E-state index contributed by atoms with van der Waals surface area (Å²) in [4.78, 5) is 56.0. The Morgan fingerprint density at radius 3 is 1.29 bits per heavy atom. The van der Waals surface area contributed by atoms with E-state index in [1.165, 1.54) is 43.5 Å². The lowest BCUT2D eigenvalue weighted by Gasteiger charge is -2.47. The van der Waals surface area contributed by atoms with Crippen LogP contribution < -0.4 is 0 Å². The smallest absolute Gasteiger partial charge is 0.338 e. The second-order valence-electron chi connectivity index (χ2n) is 16.8. The van der Waals surface area contributed by atoms with Crippen LogP contribution in [0.2, 0.25) is 0 Å². The minimum Gasteiger partial charge on any atom is -0.459 e. The van der Waals surface area contributed by atoms with Crippen molar-refractivity contribution < 1.29 is 71.3 Å². The van der Waals surface area contributed by atoms with Crippen LogP contribution in [0.4, 0.5) is 0 Å². The van der Waals surface area contributed by atoms with Crippen LogP contribution in [0.25, 0.3) is 0 Å². The number of hydrogen-bond acceptors (Lipinski definition) is 15. The van der Waals surface area contributed by atoms with Gasteiger partial charge in [-0.25, -0.2) is 19.2 Å². The number of hydrogen-bond donors (Lipinski definition) is 0. The van der Waals surface area contributed by atoms with Crippen LogP contribution in [-0.4, -0.2) is 112 Å². The zero-order valence-electron chi connectivity index (χ0n) is 39.8. The van der Waals surface area contributed by atoms with E-state index in [2.05, 4.69) is 5.92 Å². The molecule has 0 bridgehead atoms. The van der Waals surface area contributed by atoms with Gasteiger partial charge in [-0.3, -0.25) is 0 Å². The van der Waals surface area contributed by atoms with Crippen molar-refractivity contribution in [3.05, 3.63) is 215 Å². The molecule has 2 saturated heterocycles. The van der Waals surface area contributed by atoms with Gasteiger partial charge in [-0.2, -0.15) is 0 Å². The van der Waals surface area contributed by atoms with Gasteiger partial charge in [-0.1, -0.05) is 139 Å². The van der Waals surface area contributed by atoms with Crippen LogP contribution in [-0.2, 0) is 65.3 Å². The minimum absolute atomic E-state index is 0.125. The monoisotopic (exact) mass is 990 g/mol. The molecule has 0 unspecified atom stereocenters. The molecular formula is C58H54O15. The number of benzene rings is 6. The van der Waals surface area contributed by atoms with Crippen LogP contribution in [0.15, 0.2) is 182 Å². The lowest BCUT2D eigenvalue weighted by atomic mass is 9.96. The molecule has 376 valence electrons. The van der Waals surface area contributed by atoms with E-state index in [1.54, 1.807) is 84.9 Å². The molecule has 10 atom stereocenters. The quantitative estimate of drug-likeness (QED) is 0.0388. The number of carbonyl (C=O) groups is 4. The number of ether oxygens (including phenoxy) is 11. The molecule has 6 aromatic carbocycles. The number of methoxy groups -OCH3 is 1. The van der Waals surface area contributed by atoms with Crippen molar-refractivity contribution in [1.29, 1.82) is 0 Å². The van der Waals surface area contributed by atoms with E-state index in [-0.39, 0.29) is 48.7 Å². The van der Waals surface area contributed by atoms with Gasteiger partial charge in [0.25, 0.3) is 0 Å². The number of carbonyl (C=O) groups excluding carboxylic acids is 4. The molecule has 2 aliphatic rings. The Balaban J connectivity index is 1.17. The fourth-order valence-electron chi connectivity index (χ4n) is 8.30. The zero-order valence-corrected chi connectivity index (χ0v) is 39.8. The molecular weight excluding hydrogens is 937 g/mol. The Kier molecular flexibility index (Phi) is 18.6. The summed E-state index contributed by atoms with van der Waals surface area (Å²) in [6, 6.07) is 51.5. The first-order chi connectivity index (χ1) is 35.8. The average Bonchev–Trinajstić information content (AvgIpc) is 3.45. The van der Waals surface area contributed by atoms with E-state index in [9.17, 15) is 19.2 Å². The molecule has 0 aromatic heterocycles. The van der Waals surface area contributed by atoms with Gasteiger partial charge in [0.1, 0.15) is 43.7 Å². The van der Waals surface area contributed by atoms with Crippen molar-refractivity contribution in [1.82, 2.24) is 0 Å². The van der Waals surface area contributed by atoms with E-state index in [4.69, 9.17) is 58.5 Å². The SMILES string of the molecule is C#CCO[C@H]1[C@H](OCc2ccccc2)[C@@H](OCc2ccccc2)[C@@H](OC)O[C@@H]1CO[C@@H]1O[C@H](COC(=O)c2ccccc2)[C@@H](OC(=O)c2ccccc2)[C@H](OC(=O)c2ccccc2)[C@H]1OC(=O)c1ccccc1. The summed E-state index contributed by atoms with van der Waals surface area (Å²) in [5.41, 5.74) is 2.37. The topological polar surface area (TPSA) is 170 Å². The van der Waals surface area contributed by atoms with Gasteiger partial charge in [0, 0.05) is 7.11 Å².